The zero-order valence-electron chi connectivity index (χ0n) is 51.3. The van der Waals surface area contributed by atoms with E-state index in [2.05, 4.69) is 177 Å². The van der Waals surface area contributed by atoms with Gasteiger partial charge in [0, 0.05) is 6.42 Å². The number of hydrogen-bond donors (Lipinski definition) is 3. The van der Waals surface area contributed by atoms with E-state index in [4.69, 9.17) is 0 Å². The zero-order valence-corrected chi connectivity index (χ0v) is 51.3. The molecule has 0 aromatic heterocycles. The van der Waals surface area contributed by atoms with Crippen molar-refractivity contribution in [2.24, 2.45) is 0 Å². The lowest BCUT2D eigenvalue weighted by molar-refractivity contribution is -0.123. The highest BCUT2D eigenvalue weighted by Gasteiger charge is 2.17. The number of unbranched alkanes of at least 4 members (excludes halogenated alkanes) is 25. The average Bonchev–Trinajstić information content (AvgIpc) is 3.45. The van der Waals surface area contributed by atoms with Crippen molar-refractivity contribution in [2.75, 3.05) is 6.61 Å². The summed E-state index contributed by atoms with van der Waals surface area (Å²) in [5, 5.41) is 23.2. The molecule has 0 aliphatic rings. The molecule has 4 heteroatoms. The number of hydrogen-bond acceptors (Lipinski definition) is 3. The third-order valence-corrected chi connectivity index (χ3v) is 13.9. The van der Waals surface area contributed by atoms with E-state index >= 15 is 0 Å². The highest BCUT2D eigenvalue weighted by molar-refractivity contribution is 5.76. The summed E-state index contributed by atoms with van der Waals surface area (Å²) >= 11 is 0. The molecule has 0 saturated heterocycles. The van der Waals surface area contributed by atoms with Crippen molar-refractivity contribution in [3.05, 3.63) is 170 Å². The van der Waals surface area contributed by atoms with E-state index in [0.717, 1.165) is 116 Å². The summed E-state index contributed by atoms with van der Waals surface area (Å²) in [4.78, 5) is 12.5. The van der Waals surface area contributed by atoms with Crippen LogP contribution in [0, 0.1) is 0 Å². The molecule has 0 rings (SSSR count). The predicted octanol–water partition coefficient (Wildman–Crippen LogP) is 22.6. The van der Waals surface area contributed by atoms with Crippen molar-refractivity contribution in [3.8, 4) is 0 Å². The van der Waals surface area contributed by atoms with Gasteiger partial charge in [-0.2, -0.15) is 0 Å². The maximum absolute atomic E-state index is 12.5. The topological polar surface area (TPSA) is 69.6 Å². The lowest BCUT2D eigenvalue weighted by atomic mass is 10.0. The molecule has 3 N–H and O–H groups in total. The SMILES string of the molecule is CC/C=C\C/C=C\C/C=C\C/C=C\C/C=C\C/C=C\C/C=C\C/C=C\C/C=C\C/C=C\C/C=C\C/C=C\CCCCC(=O)NC(CO)C(O)/C=C/CC/C=C/CCCCCCCCCCCCCCCCCCCCCCCC. The van der Waals surface area contributed by atoms with Crippen molar-refractivity contribution in [1.82, 2.24) is 5.32 Å². The summed E-state index contributed by atoms with van der Waals surface area (Å²) in [5.74, 6) is -0.121. The third kappa shape index (κ3) is 64.5. The van der Waals surface area contributed by atoms with E-state index in [9.17, 15) is 15.0 Å². The van der Waals surface area contributed by atoms with Crippen molar-refractivity contribution >= 4 is 5.91 Å². The summed E-state index contributed by atoms with van der Waals surface area (Å²) < 4.78 is 0. The molecule has 0 saturated carbocycles. The minimum Gasteiger partial charge on any atom is -0.394 e. The summed E-state index contributed by atoms with van der Waals surface area (Å²) in [6, 6.07) is -0.677. The van der Waals surface area contributed by atoms with Gasteiger partial charge in [0.05, 0.1) is 18.8 Å². The van der Waals surface area contributed by atoms with Crippen LogP contribution in [0.4, 0.5) is 0 Å². The first-order valence-electron chi connectivity index (χ1n) is 32.8. The molecule has 79 heavy (non-hydrogen) atoms. The Balaban J connectivity index is 3.71. The van der Waals surface area contributed by atoms with Crippen LogP contribution in [0.15, 0.2) is 170 Å². The van der Waals surface area contributed by atoms with E-state index in [-0.39, 0.29) is 12.5 Å². The Labute approximate surface area is 489 Å². The number of amides is 1. The van der Waals surface area contributed by atoms with Gasteiger partial charge in [-0.15, -0.1) is 0 Å². The number of nitrogens with one attached hydrogen (secondary N) is 1. The molecule has 0 fully saturated rings. The number of allylic oxidation sites excluding steroid dienone is 27. The fraction of sp³-hybridized carbons (Fsp3) is 0.613. The highest BCUT2D eigenvalue weighted by atomic mass is 16.3. The van der Waals surface area contributed by atoms with Gasteiger partial charge in [-0.25, -0.2) is 0 Å². The molecule has 446 valence electrons. The minimum atomic E-state index is -0.895. The predicted molar refractivity (Wildman–Crippen MR) is 354 cm³/mol. The van der Waals surface area contributed by atoms with Gasteiger partial charge >= 0.3 is 0 Å². The minimum absolute atomic E-state index is 0.121. The summed E-state index contributed by atoms with van der Waals surface area (Å²) in [5.41, 5.74) is 0. The molecule has 4 nitrogen and oxygen atoms in total. The molecule has 0 spiro atoms. The normalized spacial score (nSPS) is 13.9. The fourth-order valence-electron chi connectivity index (χ4n) is 9.00. The molecule has 0 heterocycles. The van der Waals surface area contributed by atoms with Gasteiger partial charge in [0.15, 0.2) is 0 Å². The second-order valence-electron chi connectivity index (χ2n) is 21.4. The van der Waals surface area contributed by atoms with Gasteiger partial charge < -0.3 is 15.5 Å². The molecule has 0 radical (unpaired) electrons. The van der Waals surface area contributed by atoms with Crippen LogP contribution in [0.2, 0.25) is 0 Å². The molecule has 0 aromatic carbocycles. The third-order valence-electron chi connectivity index (χ3n) is 13.9. The molecule has 0 aliphatic carbocycles. The number of aliphatic hydroxyl groups excluding tert-OH is 2. The average molecular weight is 1090 g/mol. The number of carbonyl (C=O) groups is 1. The van der Waals surface area contributed by atoms with Crippen LogP contribution in [-0.4, -0.2) is 34.9 Å². The van der Waals surface area contributed by atoms with E-state index in [1.165, 1.54) is 141 Å². The van der Waals surface area contributed by atoms with Crippen LogP contribution < -0.4 is 5.32 Å². The summed E-state index contributed by atoms with van der Waals surface area (Å²) in [6.45, 7) is 4.17. The molecule has 2 unspecified atom stereocenters. The first kappa shape index (κ1) is 74.8. The Morgan fingerprint density at radius 1 is 0.316 bits per heavy atom. The van der Waals surface area contributed by atoms with Crippen molar-refractivity contribution in [2.45, 2.75) is 289 Å². The molecular weight excluding hydrogens is 963 g/mol. The monoisotopic (exact) mass is 1090 g/mol. The second-order valence-corrected chi connectivity index (χ2v) is 21.4. The Hall–Kier alpha value is -4.25. The fourth-order valence-corrected chi connectivity index (χ4v) is 9.00. The first-order valence-corrected chi connectivity index (χ1v) is 32.8. The van der Waals surface area contributed by atoms with Crippen LogP contribution in [0.25, 0.3) is 0 Å². The van der Waals surface area contributed by atoms with Gasteiger partial charge in [-0.1, -0.05) is 319 Å². The number of aliphatic hydroxyl groups is 2. The Bertz CT molecular complexity index is 1710. The van der Waals surface area contributed by atoms with Crippen LogP contribution >= 0.6 is 0 Å². The van der Waals surface area contributed by atoms with Gasteiger partial charge in [0.1, 0.15) is 0 Å². The molecule has 0 aliphatic heterocycles. The van der Waals surface area contributed by atoms with Crippen LogP contribution in [-0.2, 0) is 4.79 Å². The maximum Gasteiger partial charge on any atom is 0.220 e. The van der Waals surface area contributed by atoms with E-state index < -0.39 is 12.1 Å². The van der Waals surface area contributed by atoms with Crippen molar-refractivity contribution in [3.63, 3.8) is 0 Å². The quantitative estimate of drug-likeness (QED) is 0.0420. The summed E-state index contributed by atoms with van der Waals surface area (Å²) in [6.07, 6.45) is 110. The molecule has 1 amide bonds. The van der Waals surface area contributed by atoms with E-state index in [1.807, 2.05) is 6.08 Å². The Kier molecular flexibility index (Phi) is 64.4. The summed E-state index contributed by atoms with van der Waals surface area (Å²) in [7, 11) is 0. The first-order chi connectivity index (χ1) is 39.2. The van der Waals surface area contributed by atoms with Gasteiger partial charge in [0.2, 0.25) is 5.91 Å². The molecular formula is C75H123NO3. The zero-order chi connectivity index (χ0) is 56.9. The smallest absolute Gasteiger partial charge is 0.220 e. The van der Waals surface area contributed by atoms with Gasteiger partial charge in [-0.05, 0) is 122 Å². The number of carbonyl (C=O) groups excluding carboxylic acids is 1. The van der Waals surface area contributed by atoms with Crippen LogP contribution in [0.3, 0.4) is 0 Å². The standard InChI is InChI=1S/C75H123NO3/c1-3-5-7-9-11-13-15-17-19-21-23-25-27-29-31-33-34-35-36-37-38-39-40-41-42-43-45-47-49-51-53-55-57-59-61-63-65-67-69-71-75(79)76-73(72-77)74(78)70-68-66-64-62-60-58-56-54-52-50-48-46-44-32-30-28-26-24-22-20-18-16-14-12-10-8-6-4-2/h5,7,11,13,17,19,23,25,29,31,34-35,37-38,40-41,43,45,49,51,55,57,60-63,68,70,73-74,77-78H,3-4,6,8-10,12,14-16,18,20-22,24,26-28,30,32-33,36,39,42,44,46-48,50,52-54,56,58-59,64-67,69,71-72H2,1-2H3,(H,76,79)/b7-5-,13-11-,19-17-,25-23-,31-29-,35-34-,38-37-,41-40-,45-43-,51-49-,57-55-,62-60+,63-61-,70-68+. The van der Waals surface area contributed by atoms with Crippen molar-refractivity contribution in [1.29, 1.82) is 0 Å². The largest absolute Gasteiger partial charge is 0.394 e. The lowest BCUT2D eigenvalue weighted by Crippen LogP contribution is -2.45. The number of rotatable bonds is 58. The van der Waals surface area contributed by atoms with Gasteiger partial charge in [-0.3, -0.25) is 4.79 Å². The lowest BCUT2D eigenvalue weighted by Gasteiger charge is -2.19. The van der Waals surface area contributed by atoms with Crippen LogP contribution in [0.5, 0.6) is 0 Å². The Morgan fingerprint density at radius 3 is 0.886 bits per heavy atom. The second kappa shape index (κ2) is 68.0. The van der Waals surface area contributed by atoms with E-state index in [1.54, 1.807) is 6.08 Å². The highest BCUT2D eigenvalue weighted by Crippen LogP contribution is 2.16. The van der Waals surface area contributed by atoms with E-state index in [0.29, 0.717) is 6.42 Å². The van der Waals surface area contributed by atoms with Crippen LogP contribution in [0.1, 0.15) is 277 Å². The van der Waals surface area contributed by atoms with Crippen molar-refractivity contribution < 1.29 is 15.0 Å². The molecule has 0 aromatic rings. The molecule has 2 atom stereocenters. The maximum atomic E-state index is 12.5. The molecule has 0 bridgehead atoms. The Morgan fingerprint density at radius 2 is 0.570 bits per heavy atom. The van der Waals surface area contributed by atoms with Gasteiger partial charge in [0.25, 0.3) is 0 Å².